The monoisotopic (exact) mass is 186 g/mol. The second-order valence-corrected chi connectivity index (χ2v) is 2.92. The smallest absolute Gasteiger partial charge is 0.0697 e. The zero-order valence-electron chi connectivity index (χ0n) is 8.12. The van der Waals surface area contributed by atoms with E-state index in [0.29, 0.717) is 13.2 Å². The molecule has 0 bridgehead atoms. The van der Waals surface area contributed by atoms with Crippen molar-refractivity contribution in [1.29, 1.82) is 5.26 Å². The van der Waals surface area contributed by atoms with Crippen molar-refractivity contribution in [2.45, 2.75) is 13.3 Å². The maximum Gasteiger partial charge on any atom is 0.0697 e. The van der Waals surface area contributed by atoms with Gasteiger partial charge in [-0.1, -0.05) is 0 Å². The Morgan fingerprint density at radius 1 is 1.54 bits per heavy atom. The Hall–Kier alpha value is -0.630. The number of nitrogens with zero attached hydrogens (tertiary/aromatic N) is 1. The summed E-state index contributed by atoms with van der Waals surface area (Å²) >= 11 is 0. The molecule has 0 rings (SSSR count). The number of aliphatic hydroxyl groups excluding tert-OH is 1. The highest BCUT2D eigenvalue weighted by Gasteiger charge is 1.96. The van der Waals surface area contributed by atoms with Crippen LogP contribution in [0.3, 0.4) is 0 Å². The van der Waals surface area contributed by atoms with E-state index in [1.807, 2.05) is 6.92 Å². The average molecular weight is 186 g/mol. The first-order valence-corrected chi connectivity index (χ1v) is 4.60. The molecule has 4 heteroatoms. The largest absolute Gasteiger partial charge is 0.394 e. The lowest BCUT2D eigenvalue weighted by Crippen LogP contribution is -2.22. The van der Waals surface area contributed by atoms with Gasteiger partial charge in [0.25, 0.3) is 0 Å². The molecule has 0 aromatic heterocycles. The van der Waals surface area contributed by atoms with Crippen molar-refractivity contribution in [2.24, 2.45) is 5.92 Å². The summed E-state index contributed by atoms with van der Waals surface area (Å²) in [4.78, 5) is 0. The quantitative estimate of drug-likeness (QED) is 0.529. The summed E-state index contributed by atoms with van der Waals surface area (Å²) in [6, 6.07) is 2.15. The molecule has 0 amide bonds. The molecule has 0 radical (unpaired) electrons. The topological polar surface area (TPSA) is 65.3 Å². The molecule has 0 fully saturated rings. The van der Waals surface area contributed by atoms with E-state index in [1.54, 1.807) is 0 Å². The Bertz CT molecular complexity index is 145. The maximum atomic E-state index is 8.46. The molecule has 0 saturated heterocycles. The van der Waals surface area contributed by atoms with Crippen LogP contribution in [-0.2, 0) is 4.74 Å². The van der Waals surface area contributed by atoms with Crippen molar-refractivity contribution in [3.8, 4) is 6.07 Å². The number of aliphatic hydroxyl groups is 1. The number of hydrogen-bond acceptors (Lipinski definition) is 4. The van der Waals surface area contributed by atoms with Crippen molar-refractivity contribution >= 4 is 0 Å². The number of rotatable bonds is 8. The highest BCUT2D eigenvalue weighted by atomic mass is 16.5. The molecule has 13 heavy (non-hydrogen) atoms. The molecule has 2 N–H and O–H groups in total. The molecular formula is C9H18N2O2. The van der Waals surface area contributed by atoms with Crippen LogP contribution in [-0.4, -0.2) is 38.0 Å². The van der Waals surface area contributed by atoms with Gasteiger partial charge in [0.05, 0.1) is 25.2 Å². The molecule has 0 aliphatic carbocycles. The highest BCUT2D eigenvalue weighted by Crippen LogP contribution is 1.87. The summed E-state index contributed by atoms with van der Waals surface area (Å²) in [7, 11) is 0. The highest BCUT2D eigenvalue weighted by molar-refractivity contribution is 4.79. The molecule has 0 aliphatic heterocycles. The van der Waals surface area contributed by atoms with Gasteiger partial charge in [-0.2, -0.15) is 5.26 Å². The SMILES string of the molecule is CC(C#N)CNCCCOCCO. The number of nitrogens with one attached hydrogen (secondary N) is 1. The lowest BCUT2D eigenvalue weighted by atomic mass is 10.2. The molecule has 0 aliphatic rings. The average Bonchev–Trinajstić information content (AvgIpc) is 2.16. The van der Waals surface area contributed by atoms with Crippen molar-refractivity contribution in [3.63, 3.8) is 0 Å². The van der Waals surface area contributed by atoms with E-state index >= 15 is 0 Å². The summed E-state index contributed by atoms with van der Waals surface area (Å²) in [6.07, 6.45) is 0.915. The second-order valence-electron chi connectivity index (χ2n) is 2.92. The van der Waals surface area contributed by atoms with E-state index in [9.17, 15) is 0 Å². The van der Waals surface area contributed by atoms with Gasteiger partial charge in [0, 0.05) is 13.2 Å². The van der Waals surface area contributed by atoms with E-state index in [4.69, 9.17) is 15.1 Å². The first-order valence-electron chi connectivity index (χ1n) is 4.60. The van der Waals surface area contributed by atoms with Crippen molar-refractivity contribution in [3.05, 3.63) is 0 Å². The molecule has 0 saturated carbocycles. The van der Waals surface area contributed by atoms with Crippen molar-refractivity contribution in [1.82, 2.24) is 5.32 Å². The maximum absolute atomic E-state index is 8.46. The van der Waals surface area contributed by atoms with Crippen LogP contribution >= 0.6 is 0 Å². The van der Waals surface area contributed by atoms with Crippen LogP contribution in [0.2, 0.25) is 0 Å². The molecule has 1 atom stereocenters. The summed E-state index contributed by atoms with van der Waals surface area (Å²) in [5, 5.41) is 20.0. The summed E-state index contributed by atoms with van der Waals surface area (Å²) in [5.41, 5.74) is 0. The van der Waals surface area contributed by atoms with Crippen LogP contribution in [0.25, 0.3) is 0 Å². The number of hydrogen-bond donors (Lipinski definition) is 2. The minimum absolute atomic E-state index is 0.0679. The molecule has 4 nitrogen and oxygen atoms in total. The Morgan fingerprint density at radius 3 is 2.92 bits per heavy atom. The number of ether oxygens (including phenoxy) is 1. The van der Waals surface area contributed by atoms with Gasteiger partial charge in [-0.25, -0.2) is 0 Å². The van der Waals surface area contributed by atoms with Gasteiger partial charge in [0.1, 0.15) is 0 Å². The van der Waals surface area contributed by atoms with Gasteiger partial charge in [-0.05, 0) is 19.9 Å². The molecule has 0 heterocycles. The van der Waals surface area contributed by atoms with Crippen molar-refractivity contribution < 1.29 is 9.84 Å². The first kappa shape index (κ1) is 12.4. The van der Waals surface area contributed by atoms with Crippen LogP contribution < -0.4 is 5.32 Å². The zero-order chi connectivity index (χ0) is 9.94. The minimum atomic E-state index is 0.0679. The van der Waals surface area contributed by atoms with Gasteiger partial charge >= 0.3 is 0 Å². The summed E-state index contributed by atoms with van der Waals surface area (Å²) in [5.74, 6) is 0.0679. The fraction of sp³-hybridized carbons (Fsp3) is 0.889. The lowest BCUT2D eigenvalue weighted by molar-refractivity contribution is 0.0907. The third-order valence-corrected chi connectivity index (χ3v) is 1.55. The molecule has 0 spiro atoms. The normalized spacial score (nSPS) is 12.4. The fourth-order valence-electron chi connectivity index (χ4n) is 0.830. The van der Waals surface area contributed by atoms with Gasteiger partial charge < -0.3 is 15.2 Å². The van der Waals surface area contributed by atoms with Crippen LogP contribution in [0.15, 0.2) is 0 Å². The van der Waals surface area contributed by atoms with Gasteiger partial charge in [0.2, 0.25) is 0 Å². The van der Waals surface area contributed by atoms with E-state index in [2.05, 4.69) is 11.4 Å². The summed E-state index contributed by atoms with van der Waals surface area (Å²) < 4.78 is 5.06. The number of nitriles is 1. The second kappa shape index (κ2) is 9.46. The van der Waals surface area contributed by atoms with Crippen LogP contribution in [0.1, 0.15) is 13.3 Å². The lowest BCUT2D eigenvalue weighted by Gasteiger charge is -2.05. The van der Waals surface area contributed by atoms with Crippen LogP contribution in [0, 0.1) is 17.2 Å². The molecular weight excluding hydrogens is 168 g/mol. The Labute approximate surface area is 79.5 Å². The Kier molecular flexibility index (Phi) is 9.00. The molecule has 0 aromatic carbocycles. The van der Waals surface area contributed by atoms with E-state index in [1.165, 1.54) is 0 Å². The van der Waals surface area contributed by atoms with Gasteiger partial charge in [0.15, 0.2) is 0 Å². The molecule has 1 unspecified atom stereocenters. The molecule has 76 valence electrons. The van der Waals surface area contributed by atoms with E-state index < -0.39 is 0 Å². The van der Waals surface area contributed by atoms with Crippen LogP contribution in [0.5, 0.6) is 0 Å². The van der Waals surface area contributed by atoms with Gasteiger partial charge in [-0.15, -0.1) is 0 Å². The summed E-state index contributed by atoms with van der Waals surface area (Å²) in [6.45, 7) is 4.63. The zero-order valence-corrected chi connectivity index (χ0v) is 8.12. The third kappa shape index (κ3) is 9.28. The van der Waals surface area contributed by atoms with Crippen molar-refractivity contribution in [2.75, 3.05) is 32.9 Å². The Morgan fingerprint density at radius 2 is 2.31 bits per heavy atom. The van der Waals surface area contributed by atoms with E-state index in [0.717, 1.165) is 19.5 Å². The van der Waals surface area contributed by atoms with Gasteiger partial charge in [-0.3, -0.25) is 0 Å². The van der Waals surface area contributed by atoms with E-state index in [-0.39, 0.29) is 12.5 Å². The minimum Gasteiger partial charge on any atom is -0.394 e. The predicted octanol–water partition coefficient (Wildman–Crippen LogP) is 0.135. The first-order chi connectivity index (χ1) is 6.31. The molecule has 0 aromatic rings. The Balaban J connectivity index is 2.96. The van der Waals surface area contributed by atoms with Crippen LogP contribution in [0.4, 0.5) is 0 Å². The fourth-order valence-corrected chi connectivity index (χ4v) is 0.830. The standard InChI is InChI=1S/C9H18N2O2/c1-9(7-10)8-11-3-2-5-13-6-4-12/h9,11-12H,2-6,8H2,1H3. The predicted molar refractivity (Wildman–Crippen MR) is 50.2 cm³/mol. The third-order valence-electron chi connectivity index (χ3n) is 1.55.